The highest BCUT2D eigenvalue weighted by Crippen LogP contribution is 2.32. The summed E-state index contributed by atoms with van der Waals surface area (Å²) in [5, 5.41) is 13.9. The van der Waals surface area contributed by atoms with Crippen LogP contribution in [0.5, 0.6) is 5.75 Å². The molecule has 0 radical (unpaired) electrons. The van der Waals surface area contributed by atoms with Gasteiger partial charge in [-0.05, 0) is 38.1 Å². The number of pyridine rings is 1. The van der Waals surface area contributed by atoms with Crippen molar-refractivity contribution in [3.63, 3.8) is 0 Å². The van der Waals surface area contributed by atoms with Crippen molar-refractivity contribution in [2.75, 3.05) is 20.2 Å². The summed E-state index contributed by atoms with van der Waals surface area (Å²) in [6.45, 7) is 1.59. The molecule has 2 N–H and O–H groups in total. The summed E-state index contributed by atoms with van der Waals surface area (Å²) < 4.78 is 5.03. The highest BCUT2D eigenvalue weighted by molar-refractivity contribution is 6.30. The van der Waals surface area contributed by atoms with Crippen LogP contribution in [0.15, 0.2) is 12.1 Å². The third-order valence-corrected chi connectivity index (χ3v) is 3.21. The summed E-state index contributed by atoms with van der Waals surface area (Å²) in [5.74, 6) is 0.531. The monoisotopic (exact) mass is 314 g/mol. The SMILES string of the molecule is COc1ccc(C2(O)CCNCC2)nc1Cl.Cl.Cl. The second kappa shape index (κ2) is 7.36. The maximum atomic E-state index is 10.4. The molecule has 4 nitrogen and oxygen atoms in total. The molecule has 1 aromatic rings. The van der Waals surface area contributed by atoms with E-state index in [0.29, 0.717) is 29.4 Å². The molecule has 2 rings (SSSR count). The minimum Gasteiger partial charge on any atom is -0.494 e. The van der Waals surface area contributed by atoms with Gasteiger partial charge in [0.2, 0.25) is 0 Å². The number of aliphatic hydroxyl groups is 1. The molecule has 0 unspecified atom stereocenters. The number of methoxy groups -OCH3 is 1. The highest BCUT2D eigenvalue weighted by atomic mass is 35.5. The van der Waals surface area contributed by atoms with Crippen molar-refractivity contribution in [3.05, 3.63) is 23.0 Å². The van der Waals surface area contributed by atoms with Crippen LogP contribution in [-0.2, 0) is 5.60 Å². The van der Waals surface area contributed by atoms with E-state index >= 15 is 0 Å². The third-order valence-electron chi connectivity index (χ3n) is 2.94. The molecule has 0 bridgehead atoms. The molecular weight excluding hydrogens is 298 g/mol. The van der Waals surface area contributed by atoms with Crippen molar-refractivity contribution in [3.8, 4) is 5.75 Å². The smallest absolute Gasteiger partial charge is 0.171 e. The maximum absolute atomic E-state index is 10.4. The fraction of sp³-hybridized carbons (Fsp3) is 0.545. The molecule has 0 atom stereocenters. The number of halogens is 3. The third kappa shape index (κ3) is 3.62. The van der Waals surface area contributed by atoms with Gasteiger partial charge in [-0.2, -0.15) is 0 Å². The first kappa shape index (κ1) is 17.7. The molecular formula is C11H17Cl3N2O2. The van der Waals surface area contributed by atoms with E-state index < -0.39 is 5.60 Å². The largest absolute Gasteiger partial charge is 0.494 e. The lowest BCUT2D eigenvalue weighted by Crippen LogP contribution is -2.40. The second-order valence-corrected chi connectivity index (χ2v) is 4.33. The molecule has 2 heterocycles. The number of nitrogens with zero attached hydrogens (tertiary/aromatic N) is 1. The number of hydrogen-bond acceptors (Lipinski definition) is 4. The van der Waals surface area contributed by atoms with Crippen molar-refractivity contribution in [1.29, 1.82) is 0 Å². The van der Waals surface area contributed by atoms with E-state index in [0.717, 1.165) is 13.1 Å². The number of piperidine rings is 1. The quantitative estimate of drug-likeness (QED) is 0.821. The van der Waals surface area contributed by atoms with Crippen molar-refractivity contribution < 1.29 is 9.84 Å². The van der Waals surface area contributed by atoms with Crippen LogP contribution in [0.4, 0.5) is 0 Å². The van der Waals surface area contributed by atoms with E-state index in [2.05, 4.69) is 10.3 Å². The molecule has 1 aromatic heterocycles. The lowest BCUT2D eigenvalue weighted by Gasteiger charge is -2.32. The normalized spacial score (nSPS) is 17.3. The van der Waals surface area contributed by atoms with Crippen molar-refractivity contribution in [2.24, 2.45) is 0 Å². The molecule has 1 aliphatic heterocycles. The molecule has 0 aromatic carbocycles. The van der Waals surface area contributed by atoms with Crippen LogP contribution < -0.4 is 10.1 Å². The summed E-state index contributed by atoms with van der Waals surface area (Å²) in [6.07, 6.45) is 1.31. The Labute approximate surface area is 124 Å². The van der Waals surface area contributed by atoms with E-state index in [1.54, 1.807) is 19.2 Å². The predicted molar refractivity (Wildman–Crippen MR) is 76.3 cm³/mol. The first-order chi connectivity index (χ1) is 7.65. The summed E-state index contributed by atoms with van der Waals surface area (Å²) in [4.78, 5) is 4.20. The molecule has 0 amide bonds. The van der Waals surface area contributed by atoms with Crippen LogP contribution >= 0.6 is 36.4 Å². The fourth-order valence-electron chi connectivity index (χ4n) is 1.93. The number of rotatable bonds is 2. The molecule has 0 saturated carbocycles. The molecule has 1 fully saturated rings. The van der Waals surface area contributed by atoms with Gasteiger partial charge in [0.15, 0.2) is 10.9 Å². The average molecular weight is 316 g/mol. The Hall–Kier alpha value is -0.260. The first-order valence-corrected chi connectivity index (χ1v) is 5.68. The van der Waals surface area contributed by atoms with Gasteiger partial charge >= 0.3 is 0 Å². The number of hydrogen-bond donors (Lipinski definition) is 2. The van der Waals surface area contributed by atoms with Crippen molar-refractivity contribution >= 4 is 36.4 Å². The van der Waals surface area contributed by atoms with Gasteiger partial charge in [0, 0.05) is 0 Å². The Morgan fingerprint density at radius 1 is 1.33 bits per heavy atom. The average Bonchev–Trinajstić information content (AvgIpc) is 2.30. The van der Waals surface area contributed by atoms with Crippen LogP contribution in [0.25, 0.3) is 0 Å². The van der Waals surface area contributed by atoms with E-state index in [-0.39, 0.29) is 24.8 Å². The summed E-state index contributed by atoms with van der Waals surface area (Å²) >= 11 is 5.95. The zero-order valence-electron chi connectivity index (χ0n) is 9.98. The molecule has 7 heteroatoms. The molecule has 0 aliphatic carbocycles. The van der Waals surface area contributed by atoms with Crippen LogP contribution in [0.1, 0.15) is 18.5 Å². The van der Waals surface area contributed by atoms with Gasteiger partial charge in [-0.1, -0.05) is 11.6 Å². The molecule has 0 spiro atoms. The molecule has 104 valence electrons. The lowest BCUT2D eigenvalue weighted by molar-refractivity contribution is 0.00183. The van der Waals surface area contributed by atoms with Crippen LogP contribution in [0.2, 0.25) is 5.15 Å². The van der Waals surface area contributed by atoms with Crippen LogP contribution in [0, 0.1) is 0 Å². The minimum atomic E-state index is -0.860. The van der Waals surface area contributed by atoms with Gasteiger partial charge in [-0.15, -0.1) is 24.8 Å². The number of ether oxygens (including phenoxy) is 1. The molecule has 18 heavy (non-hydrogen) atoms. The summed E-state index contributed by atoms with van der Waals surface area (Å²) in [5.41, 5.74) is -0.235. The van der Waals surface area contributed by atoms with Gasteiger partial charge in [-0.3, -0.25) is 0 Å². The minimum absolute atomic E-state index is 0. The second-order valence-electron chi connectivity index (χ2n) is 3.97. The predicted octanol–water partition coefficient (Wildman–Crippen LogP) is 2.16. The van der Waals surface area contributed by atoms with Gasteiger partial charge in [0.1, 0.15) is 5.60 Å². The zero-order chi connectivity index (χ0) is 11.6. The zero-order valence-corrected chi connectivity index (χ0v) is 12.4. The number of nitrogens with one attached hydrogen (secondary N) is 1. The summed E-state index contributed by atoms with van der Waals surface area (Å²) in [7, 11) is 1.54. The standard InChI is InChI=1S/C11H15ClN2O2.2ClH/c1-16-8-2-3-9(14-10(8)12)11(15)4-6-13-7-5-11;;/h2-3,13,15H,4-7H2,1H3;2*1H. The Bertz CT molecular complexity index is 385. The topological polar surface area (TPSA) is 54.4 Å². The fourth-order valence-corrected chi connectivity index (χ4v) is 2.16. The van der Waals surface area contributed by atoms with E-state index in [1.807, 2.05) is 0 Å². The van der Waals surface area contributed by atoms with Gasteiger partial charge in [0.05, 0.1) is 12.8 Å². The van der Waals surface area contributed by atoms with Crippen LogP contribution in [-0.4, -0.2) is 30.3 Å². The van der Waals surface area contributed by atoms with Crippen molar-refractivity contribution in [1.82, 2.24) is 10.3 Å². The Morgan fingerprint density at radius 3 is 2.44 bits per heavy atom. The van der Waals surface area contributed by atoms with Gasteiger partial charge in [-0.25, -0.2) is 4.98 Å². The van der Waals surface area contributed by atoms with E-state index in [9.17, 15) is 5.11 Å². The molecule has 1 aliphatic rings. The van der Waals surface area contributed by atoms with E-state index in [4.69, 9.17) is 16.3 Å². The Balaban J connectivity index is 0.00000144. The first-order valence-electron chi connectivity index (χ1n) is 5.30. The summed E-state index contributed by atoms with van der Waals surface area (Å²) in [6, 6.07) is 3.51. The van der Waals surface area contributed by atoms with Crippen LogP contribution in [0.3, 0.4) is 0 Å². The number of aromatic nitrogens is 1. The van der Waals surface area contributed by atoms with E-state index in [1.165, 1.54) is 0 Å². The van der Waals surface area contributed by atoms with Crippen molar-refractivity contribution in [2.45, 2.75) is 18.4 Å². The Morgan fingerprint density at radius 2 is 1.94 bits per heavy atom. The Kier molecular flexibility index (Phi) is 7.25. The molecule has 1 saturated heterocycles. The highest BCUT2D eigenvalue weighted by Gasteiger charge is 2.32. The van der Waals surface area contributed by atoms with Gasteiger partial charge < -0.3 is 15.2 Å². The lowest BCUT2D eigenvalue weighted by atomic mass is 9.89. The van der Waals surface area contributed by atoms with Gasteiger partial charge in [0.25, 0.3) is 0 Å². The maximum Gasteiger partial charge on any atom is 0.171 e.